The molecule has 6 heteroatoms. The Kier molecular flexibility index (Phi) is 5.15. The molecule has 1 rings (SSSR count). The zero-order valence-electron chi connectivity index (χ0n) is 10.9. The number of likely N-dealkylation sites (N-methyl/N-ethyl adjacent to an activating group) is 1. The first-order valence-electron chi connectivity index (χ1n) is 6.05. The first-order valence-corrected chi connectivity index (χ1v) is 6.05. The molecule has 1 aliphatic heterocycles. The number of nitrogens with one attached hydrogen (secondary N) is 1. The van der Waals surface area contributed by atoms with Crippen LogP contribution in [0.3, 0.4) is 0 Å². The van der Waals surface area contributed by atoms with Gasteiger partial charge in [0.15, 0.2) is 0 Å². The molecule has 1 aliphatic rings. The van der Waals surface area contributed by atoms with E-state index in [1.54, 1.807) is 4.90 Å². The smallest absolute Gasteiger partial charge is 0.326 e. The van der Waals surface area contributed by atoms with Crippen molar-refractivity contribution in [3.63, 3.8) is 0 Å². The summed E-state index contributed by atoms with van der Waals surface area (Å²) in [5, 5.41) is 11.5. The number of rotatable bonds is 4. The van der Waals surface area contributed by atoms with Crippen LogP contribution in [-0.2, 0) is 4.79 Å². The highest BCUT2D eigenvalue weighted by atomic mass is 16.4. The fourth-order valence-electron chi connectivity index (χ4n) is 1.86. The summed E-state index contributed by atoms with van der Waals surface area (Å²) >= 11 is 0. The molecule has 0 saturated carbocycles. The molecule has 6 nitrogen and oxygen atoms in total. The maximum Gasteiger partial charge on any atom is 0.326 e. The molecule has 1 fully saturated rings. The molecule has 0 bridgehead atoms. The minimum absolute atomic E-state index is 0.227. The number of hydrogen-bond acceptors (Lipinski definition) is 3. The van der Waals surface area contributed by atoms with E-state index in [0.29, 0.717) is 13.1 Å². The lowest BCUT2D eigenvalue weighted by molar-refractivity contribution is -0.139. The molecular formula is C12H21N3O3. The Hall–Kier alpha value is -1.56. The van der Waals surface area contributed by atoms with Crippen molar-refractivity contribution in [2.75, 3.05) is 26.7 Å². The average molecular weight is 255 g/mol. The van der Waals surface area contributed by atoms with Gasteiger partial charge in [-0.3, -0.25) is 0 Å². The van der Waals surface area contributed by atoms with Gasteiger partial charge >= 0.3 is 12.0 Å². The van der Waals surface area contributed by atoms with E-state index in [2.05, 4.69) is 16.8 Å². The summed E-state index contributed by atoms with van der Waals surface area (Å²) in [4.78, 5) is 26.7. The van der Waals surface area contributed by atoms with Crippen LogP contribution in [0, 0.1) is 0 Å². The van der Waals surface area contributed by atoms with Gasteiger partial charge in [-0.2, -0.15) is 0 Å². The van der Waals surface area contributed by atoms with E-state index in [-0.39, 0.29) is 18.5 Å². The van der Waals surface area contributed by atoms with Crippen molar-refractivity contribution in [3.05, 3.63) is 12.7 Å². The van der Waals surface area contributed by atoms with Crippen LogP contribution in [0.2, 0.25) is 0 Å². The van der Waals surface area contributed by atoms with Crippen molar-refractivity contribution >= 4 is 12.0 Å². The van der Waals surface area contributed by atoms with Crippen molar-refractivity contribution in [3.8, 4) is 0 Å². The highest BCUT2D eigenvalue weighted by molar-refractivity contribution is 5.82. The normalized spacial score (nSPS) is 22.3. The Morgan fingerprint density at radius 3 is 2.72 bits per heavy atom. The number of carbonyl (C=O) groups excluding carboxylic acids is 1. The third-order valence-corrected chi connectivity index (χ3v) is 3.25. The molecule has 2 unspecified atom stereocenters. The first kappa shape index (κ1) is 14.5. The first-order chi connectivity index (χ1) is 8.45. The van der Waals surface area contributed by atoms with Crippen LogP contribution >= 0.6 is 0 Å². The summed E-state index contributed by atoms with van der Waals surface area (Å²) in [5.74, 6) is -1.04. The van der Waals surface area contributed by atoms with Crippen LogP contribution in [0.5, 0.6) is 0 Å². The highest BCUT2D eigenvalue weighted by Gasteiger charge is 2.27. The van der Waals surface area contributed by atoms with E-state index in [0.717, 1.165) is 6.54 Å². The summed E-state index contributed by atoms with van der Waals surface area (Å²) in [5.41, 5.74) is 0. The molecule has 0 aliphatic carbocycles. The zero-order chi connectivity index (χ0) is 13.7. The monoisotopic (exact) mass is 255 g/mol. The predicted molar refractivity (Wildman–Crippen MR) is 68.4 cm³/mol. The van der Waals surface area contributed by atoms with Crippen LogP contribution in [-0.4, -0.2) is 65.7 Å². The van der Waals surface area contributed by atoms with Gasteiger partial charge in [0.25, 0.3) is 0 Å². The number of nitrogens with zero attached hydrogens (tertiary/aromatic N) is 2. The molecule has 18 heavy (non-hydrogen) atoms. The van der Waals surface area contributed by atoms with Crippen LogP contribution < -0.4 is 5.32 Å². The van der Waals surface area contributed by atoms with Gasteiger partial charge in [0, 0.05) is 25.7 Å². The second-order valence-electron chi connectivity index (χ2n) is 4.64. The van der Waals surface area contributed by atoms with Gasteiger partial charge in [0.05, 0.1) is 0 Å². The third-order valence-electron chi connectivity index (χ3n) is 3.25. The van der Waals surface area contributed by atoms with Crippen molar-refractivity contribution in [1.82, 2.24) is 15.1 Å². The number of amides is 2. The summed E-state index contributed by atoms with van der Waals surface area (Å²) in [6.07, 6.45) is 1.72. The molecule has 2 atom stereocenters. The number of carboxylic acid groups (broad SMARTS) is 1. The average Bonchev–Trinajstić information content (AvgIpc) is 2.31. The van der Waals surface area contributed by atoms with E-state index in [9.17, 15) is 9.59 Å². The molecule has 0 radical (unpaired) electrons. The Balaban J connectivity index is 2.54. The summed E-state index contributed by atoms with van der Waals surface area (Å²) < 4.78 is 0. The lowest BCUT2D eigenvalue weighted by Gasteiger charge is -2.37. The molecule has 1 heterocycles. The van der Waals surface area contributed by atoms with Crippen LogP contribution in [0.15, 0.2) is 12.7 Å². The number of carbonyl (C=O) groups is 2. The molecule has 102 valence electrons. The number of hydrogen-bond donors (Lipinski definition) is 2. The molecule has 0 aromatic carbocycles. The van der Waals surface area contributed by atoms with Crippen molar-refractivity contribution in [1.29, 1.82) is 0 Å². The molecular weight excluding hydrogens is 234 g/mol. The van der Waals surface area contributed by atoms with Crippen molar-refractivity contribution < 1.29 is 14.7 Å². The van der Waals surface area contributed by atoms with Crippen molar-refractivity contribution in [2.45, 2.75) is 25.4 Å². The maximum atomic E-state index is 11.9. The van der Waals surface area contributed by atoms with E-state index in [1.807, 2.05) is 14.0 Å². The van der Waals surface area contributed by atoms with E-state index < -0.39 is 12.0 Å². The third kappa shape index (κ3) is 3.73. The van der Waals surface area contributed by atoms with Gasteiger partial charge in [-0.1, -0.05) is 6.08 Å². The summed E-state index contributed by atoms with van der Waals surface area (Å²) in [6.45, 7) is 7.56. The Labute approximate surface area is 107 Å². The van der Waals surface area contributed by atoms with Crippen LogP contribution in [0.25, 0.3) is 0 Å². The quantitative estimate of drug-likeness (QED) is 0.711. The highest BCUT2D eigenvalue weighted by Crippen LogP contribution is 2.07. The largest absolute Gasteiger partial charge is 0.480 e. The number of carboxylic acids is 1. The minimum atomic E-state index is -1.04. The molecule has 0 aromatic rings. The van der Waals surface area contributed by atoms with Gasteiger partial charge in [0.2, 0.25) is 0 Å². The Morgan fingerprint density at radius 2 is 2.22 bits per heavy atom. The van der Waals surface area contributed by atoms with Crippen molar-refractivity contribution in [2.24, 2.45) is 0 Å². The zero-order valence-corrected chi connectivity index (χ0v) is 10.9. The topological polar surface area (TPSA) is 72.9 Å². The SMILES string of the molecule is C=CCC(NC(=O)N1CCN(C)C(C)C1)C(=O)O. The second kappa shape index (κ2) is 6.39. The van der Waals surface area contributed by atoms with E-state index >= 15 is 0 Å². The Morgan fingerprint density at radius 1 is 1.56 bits per heavy atom. The predicted octanol–water partition coefficient (Wildman–Crippen LogP) is 0.361. The number of aliphatic carboxylic acids is 1. The van der Waals surface area contributed by atoms with E-state index in [1.165, 1.54) is 6.08 Å². The molecule has 0 aromatic heterocycles. The lowest BCUT2D eigenvalue weighted by Crippen LogP contribution is -2.56. The molecule has 0 spiro atoms. The standard InChI is InChI=1S/C12H21N3O3/c1-4-5-10(11(16)17)13-12(18)15-7-6-14(3)9(2)8-15/h4,9-10H,1,5-8H2,2-3H3,(H,13,18)(H,16,17). The number of piperazine rings is 1. The summed E-state index contributed by atoms with van der Waals surface area (Å²) in [7, 11) is 2.01. The van der Waals surface area contributed by atoms with E-state index in [4.69, 9.17) is 5.11 Å². The fraction of sp³-hybridized carbons (Fsp3) is 0.667. The molecule has 1 saturated heterocycles. The lowest BCUT2D eigenvalue weighted by atomic mass is 10.2. The number of urea groups is 1. The van der Waals surface area contributed by atoms with Gasteiger partial charge in [0.1, 0.15) is 6.04 Å². The molecule has 2 N–H and O–H groups in total. The van der Waals surface area contributed by atoms with Gasteiger partial charge < -0.3 is 20.2 Å². The Bertz CT molecular complexity index is 333. The maximum absolute atomic E-state index is 11.9. The van der Waals surface area contributed by atoms with Crippen LogP contribution in [0.4, 0.5) is 4.79 Å². The van der Waals surface area contributed by atoms with Gasteiger partial charge in [-0.15, -0.1) is 6.58 Å². The van der Waals surface area contributed by atoms with Crippen LogP contribution in [0.1, 0.15) is 13.3 Å². The second-order valence-corrected chi connectivity index (χ2v) is 4.64. The fourth-order valence-corrected chi connectivity index (χ4v) is 1.86. The molecule has 2 amide bonds. The van der Waals surface area contributed by atoms with Gasteiger partial charge in [-0.25, -0.2) is 9.59 Å². The van der Waals surface area contributed by atoms with Gasteiger partial charge in [-0.05, 0) is 20.4 Å². The summed E-state index contributed by atoms with van der Waals surface area (Å²) in [6, 6.07) is -0.929. The minimum Gasteiger partial charge on any atom is -0.480 e.